The highest BCUT2D eigenvalue weighted by Crippen LogP contribution is 2.35. The number of ether oxygens (including phenoxy) is 3. The predicted octanol–water partition coefficient (Wildman–Crippen LogP) is 6.06. The van der Waals surface area contributed by atoms with E-state index in [0.29, 0.717) is 122 Å². The maximum Gasteiger partial charge on any atom is 0.341 e. The van der Waals surface area contributed by atoms with Gasteiger partial charge in [0.05, 0.1) is 30.8 Å². The van der Waals surface area contributed by atoms with Crippen LogP contribution in [0.5, 0.6) is 17.2 Å². The van der Waals surface area contributed by atoms with Crippen molar-refractivity contribution in [1.82, 2.24) is 29.7 Å². The smallest absolute Gasteiger partial charge is 0.341 e. The number of rotatable bonds is 15. The van der Waals surface area contributed by atoms with Crippen LogP contribution in [0.4, 0.5) is 0 Å². The minimum Gasteiger partial charge on any atom is -0.497 e. The van der Waals surface area contributed by atoms with E-state index in [-0.39, 0.29) is 10.9 Å². The van der Waals surface area contributed by atoms with E-state index in [2.05, 4.69) is 50.2 Å². The number of nitrogens with zero attached hydrogens (tertiary/aromatic N) is 6. The summed E-state index contributed by atoms with van der Waals surface area (Å²) in [5, 5.41) is 8.98. The minimum atomic E-state index is -3.80. The zero-order chi connectivity index (χ0) is 54.5. The second-order valence-corrected chi connectivity index (χ2v) is 26.3. The summed E-state index contributed by atoms with van der Waals surface area (Å²) in [6.45, 7) is 12.3. The molecule has 3 aromatic carbocycles. The number of aliphatic carboxylic acids is 1. The minimum absolute atomic E-state index is 0.0526. The lowest BCUT2D eigenvalue weighted by Crippen LogP contribution is -2.36. The van der Waals surface area contributed by atoms with E-state index in [4.69, 9.17) is 34.3 Å². The summed E-state index contributed by atoms with van der Waals surface area (Å²) in [7, 11) is -8.86. The van der Waals surface area contributed by atoms with Gasteiger partial charge in [-0.15, -0.1) is 0 Å². The Balaban J connectivity index is 1.20. The van der Waals surface area contributed by atoms with E-state index in [9.17, 15) is 28.3 Å². The fourth-order valence-corrected chi connectivity index (χ4v) is 10.1. The van der Waals surface area contributed by atoms with E-state index >= 15 is 0 Å². The first-order valence-electron chi connectivity index (χ1n) is 24.4. The molecule has 1 fully saturated rings. The van der Waals surface area contributed by atoms with E-state index in [1.165, 1.54) is 13.3 Å². The van der Waals surface area contributed by atoms with Crippen molar-refractivity contribution < 1.29 is 47.6 Å². The molecular weight excluding hydrogens is 1020 g/mol. The first-order valence-corrected chi connectivity index (χ1v) is 31.2. The van der Waals surface area contributed by atoms with Crippen LogP contribution in [0, 0.1) is 35.5 Å². The number of pyridine rings is 3. The van der Waals surface area contributed by atoms with Gasteiger partial charge in [-0.3, -0.25) is 23.8 Å². The molecule has 16 nitrogen and oxygen atoms in total. The van der Waals surface area contributed by atoms with Crippen LogP contribution in [0.15, 0.2) is 109 Å². The lowest BCUT2D eigenvalue weighted by Gasteiger charge is -2.26. The third kappa shape index (κ3) is 17.6. The van der Waals surface area contributed by atoms with Crippen LogP contribution in [0.3, 0.4) is 0 Å². The number of aromatic nitrogens is 3. The second kappa shape index (κ2) is 25.8. The number of hydrogen-bond acceptors (Lipinski definition) is 13. The molecule has 0 bridgehead atoms. The topological polar surface area (TPSA) is 205 Å². The van der Waals surface area contributed by atoms with Crippen LogP contribution < -0.4 is 30.5 Å². The third-order valence-electron chi connectivity index (χ3n) is 11.9. The Kier molecular flexibility index (Phi) is 19.3. The van der Waals surface area contributed by atoms with Crippen LogP contribution >= 0.6 is 21.9 Å². The van der Waals surface area contributed by atoms with Gasteiger partial charge in [-0.25, -0.2) is 19.7 Å². The largest absolute Gasteiger partial charge is 0.497 e. The van der Waals surface area contributed by atoms with Crippen LogP contribution in [-0.4, -0.2) is 137 Å². The molecule has 1 saturated heterocycles. The normalized spacial score (nSPS) is 15.1. The van der Waals surface area contributed by atoms with Crippen LogP contribution in [0.1, 0.15) is 57.4 Å². The Hall–Kier alpha value is -6.85. The monoisotopic (exact) mass is 1080 g/mol. The molecule has 0 radical (unpaired) electrons. The van der Waals surface area contributed by atoms with Gasteiger partial charge in [0.1, 0.15) is 40.7 Å². The van der Waals surface area contributed by atoms with Crippen molar-refractivity contribution in [3.63, 3.8) is 0 Å². The maximum absolute atomic E-state index is 13.6. The molecule has 0 spiro atoms. The molecule has 3 aromatic heterocycles. The first-order chi connectivity index (χ1) is 36.2. The third-order valence-corrected chi connectivity index (χ3v) is 15.4. The molecule has 2 unspecified atom stereocenters. The number of hydrogen-bond donors (Lipinski definition) is 3. The molecule has 0 aliphatic carbocycles. The zero-order valence-corrected chi connectivity index (χ0v) is 46.1. The quantitative estimate of drug-likeness (QED) is 0.0790. The summed E-state index contributed by atoms with van der Waals surface area (Å²) in [5.74, 6) is 19.8. The SMILES string of the molecule is CCOc1ccc(C#Cc2cc(CN3CCN(Cc4cc(C#Cc5ccc(OCC(=O)O)cc5)cc(P(C)(C)=O)n4)CCN(Cc4cc(C#Cc5ccc(OC)cc5)cc(P(C)(=O)O)n4)CC3)nc(P(C)(=O)O)c2)cc1. The Morgan fingerprint density at radius 2 is 0.816 bits per heavy atom. The van der Waals surface area contributed by atoms with Gasteiger partial charge < -0.3 is 33.7 Å². The standard InChI is InChI=1S/C57H61N6O10P3/c1-7-72-52-22-16-43(17-23-52)10-13-47-34-50(60-56(37-47)76(6,69)70)40-63-29-27-61(38-48-32-45(35-54(58-48)74(3,4)66)11-8-44-18-24-53(25-19-44)73-41-57(64)65)26-28-62(30-31-63)39-49-33-46(36-55(59-49)75(5,67)68)12-9-42-14-20-51(71-2)21-15-42/h14-25,32-37H,7,26-31,38-41H2,1-6H3,(H,64,65)(H,67,68)(H,69,70). The van der Waals surface area contributed by atoms with Crippen molar-refractivity contribution in [2.75, 3.05) is 86.3 Å². The summed E-state index contributed by atoms with van der Waals surface area (Å²) in [6.07, 6.45) is 0. The molecule has 1 aliphatic rings. The van der Waals surface area contributed by atoms with Crippen molar-refractivity contribution in [2.45, 2.75) is 26.6 Å². The summed E-state index contributed by atoms with van der Waals surface area (Å²) in [4.78, 5) is 53.6. The summed E-state index contributed by atoms with van der Waals surface area (Å²) in [6, 6.07) is 32.0. The first kappa shape index (κ1) is 56.9. The van der Waals surface area contributed by atoms with Gasteiger partial charge in [-0.2, -0.15) is 0 Å². The van der Waals surface area contributed by atoms with E-state index < -0.39 is 34.5 Å². The van der Waals surface area contributed by atoms with Gasteiger partial charge in [0.25, 0.3) is 0 Å². The molecule has 4 heterocycles. The highest BCUT2D eigenvalue weighted by molar-refractivity contribution is 7.69. The molecule has 7 rings (SSSR count). The van der Waals surface area contributed by atoms with Crippen LogP contribution in [-0.2, 0) is 38.1 Å². The zero-order valence-electron chi connectivity index (χ0n) is 43.4. The highest BCUT2D eigenvalue weighted by atomic mass is 31.2. The fraction of sp³-hybridized carbons (Fsp3) is 0.298. The van der Waals surface area contributed by atoms with Crippen molar-refractivity contribution in [3.8, 4) is 52.8 Å². The van der Waals surface area contributed by atoms with E-state index in [0.717, 1.165) is 16.9 Å². The number of carbonyl (C=O) groups is 1. The molecule has 19 heteroatoms. The molecule has 6 aromatic rings. The molecule has 0 amide bonds. The maximum atomic E-state index is 13.6. The van der Waals surface area contributed by atoms with Crippen LogP contribution in [0.25, 0.3) is 0 Å². The lowest BCUT2D eigenvalue weighted by atomic mass is 10.1. The van der Waals surface area contributed by atoms with Crippen molar-refractivity contribution in [2.24, 2.45) is 0 Å². The second-order valence-electron chi connectivity index (χ2n) is 18.7. The van der Waals surface area contributed by atoms with E-state index in [1.54, 1.807) is 62.9 Å². The van der Waals surface area contributed by atoms with Gasteiger partial charge in [0.2, 0.25) is 14.7 Å². The van der Waals surface area contributed by atoms with Gasteiger partial charge in [-0.1, -0.05) is 35.5 Å². The number of methoxy groups -OCH3 is 1. The molecule has 3 N–H and O–H groups in total. The fourth-order valence-electron chi connectivity index (χ4n) is 7.91. The number of carboxylic acid groups (broad SMARTS) is 1. The Labute approximate surface area is 444 Å². The summed E-state index contributed by atoms with van der Waals surface area (Å²) < 4.78 is 56.1. The van der Waals surface area contributed by atoms with Gasteiger partial charge >= 0.3 is 5.97 Å². The molecule has 76 heavy (non-hydrogen) atoms. The van der Waals surface area contributed by atoms with Crippen molar-refractivity contribution >= 4 is 44.2 Å². The number of carboxylic acids is 1. The van der Waals surface area contributed by atoms with Gasteiger partial charge in [-0.05, 0) is 129 Å². The molecule has 2 atom stereocenters. The van der Waals surface area contributed by atoms with Gasteiger partial charge in [0, 0.05) is 106 Å². The molecule has 1 aliphatic heterocycles. The average Bonchev–Trinajstić information content (AvgIpc) is 3.46. The highest BCUT2D eigenvalue weighted by Gasteiger charge is 2.24. The molecular formula is C57H61N6O10P3. The molecule has 0 saturated carbocycles. The summed E-state index contributed by atoms with van der Waals surface area (Å²) in [5.41, 5.74) is 6.23. The van der Waals surface area contributed by atoms with Crippen LogP contribution in [0.2, 0.25) is 0 Å². The Bertz CT molecular complexity index is 3380. The van der Waals surface area contributed by atoms with Gasteiger partial charge in [0.15, 0.2) is 6.61 Å². The van der Waals surface area contributed by atoms with E-state index in [1.807, 2.05) is 73.7 Å². The lowest BCUT2D eigenvalue weighted by molar-refractivity contribution is -0.139. The predicted molar refractivity (Wildman–Crippen MR) is 297 cm³/mol. The van der Waals surface area contributed by atoms with Crippen molar-refractivity contribution in [1.29, 1.82) is 0 Å². The summed E-state index contributed by atoms with van der Waals surface area (Å²) >= 11 is 0. The molecule has 394 valence electrons. The Morgan fingerprint density at radius 1 is 0.500 bits per heavy atom. The Morgan fingerprint density at radius 3 is 1.13 bits per heavy atom. The van der Waals surface area contributed by atoms with Crippen molar-refractivity contribution in [3.05, 3.63) is 160 Å². The average molecular weight is 1080 g/mol. The number of benzene rings is 3.